The van der Waals surface area contributed by atoms with Crippen LogP contribution in [0.3, 0.4) is 0 Å². The summed E-state index contributed by atoms with van der Waals surface area (Å²) in [5.41, 5.74) is 1.18. The molecule has 0 radical (unpaired) electrons. The number of nitrogens with zero attached hydrogens (tertiary/aromatic N) is 1. The van der Waals surface area contributed by atoms with Crippen LogP contribution < -0.4 is 4.57 Å². The molecule has 0 spiro atoms. The van der Waals surface area contributed by atoms with Crippen molar-refractivity contribution in [1.29, 1.82) is 0 Å². The molecule has 1 heterocycles. The lowest BCUT2D eigenvalue weighted by Crippen LogP contribution is -2.53. The first-order chi connectivity index (χ1) is 9.65. The van der Waals surface area contributed by atoms with Gasteiger partial charge in [0.15, 0.2) is 0 Å². The fourth-order valence-electron chi connectivity index (χ4n) is 2.30. The Morgan fingerprint density at radius 1 is 1.15 bits per heavy atom. The number of aromatic nitrogens is 1. The maximum Gasteiger partial charge on any atom is 0.345 e. The maximum atomic E-state index is 5.74. The van der Waals surface area contributed by atoms with Crippen LogP contribution >= 0.6 is 11.3 Å². The van der Waals surface area contributed by atoms with Crippen molar-refractivity contribution in [2.75, 3.05) is 20.3 Å². The van der Waals surface area contributed by atoms with Crippen LogP contribution in [0.15, 0.2) is 24.3 Å². The number of ether oxygens (including phenoxy) is 3. The highest BCUT2D eigenvalue weighted by Crippen LogP contribution is 2.22. The molecule has 20 heavy (non-hydrogen) atoms. The van der Waals surface area contributed by atoms with E-state index >= 15 is 0 Å². The molecule has 0 bridgehead atoms. The molecule has 1 aromatic heterocycles. The predicted octanol–water partition coefficient (Wildman–Crippen LogP) is 2.87. The van der Waals surface area contributed by atoms with Crippen molar-refractivity contribution in [2.24, 2.45) is 0 Å². The first-order valence-electron chi connectivity index (χ1n) is 6.86. The van der Waals surface area contributed by atoms with Crippen molar-refractivity contribution in [3.63, 3.8) is 0 Å². The van der Waals surface area contributed by atoms with E-state index in [1.807, 2.05) is 19.9 Å². The van der Waals surface area contributed by atoms with Crippen LogP contribution in [0.4, 0.5) is 0 Å². The first-order valence-corrected chi connectivity index (χ1v) is 7.68. The molecule has 5 heteroatoms. The highest BCUT2D eigenvalue weighted by molar-refractivity contribution is 7.18. The normalized spacial score (nSPS) is 12.2. The minimum atomic E-state index is -1.03. The summed E-state index contributed by atoms with van der Waals surface area (Å²) in [7, 11) is 1.62. The molecule has 1 aromatic carbocycles. The summed E-state index contributed by atoms with van der Waals surface area (Å²) in [6.07, 6.45) is 0. The van der Waals surface area contributed by atoms with E-state index in [-0.39, 0.29) is 0 Å². The fraction of sp³-hybridized carbons (Fsp3) is 0.533. The smallest absolute Gasteiger partial charge is 0.326 e. The zero-order valence-electron chi connectivity index (χ0n) is 12.5. The van der Waals surface area contributed by atoms with E-state index in [1.165, 1.54) is 15.2 Å². The van der Waals surface area contributed by atoms with Gasteiger partial charge in [0.1, 0.15) is 4.70 Å². The van der Waals surface area contributed by atoms with Gasteiger partial charge in [-0.05, 0) is 19.9 Å². The van der Waals surface area contributed by atoms with E-state index < -0.39 is 5.97 Å². The van der Waals surface area contributed by atoms with Crippen LogP contribution in [-0.2, 0) is 20.8 Å². The Balaban J connectivity index is 2.39. The summed E-state index contributed by atoms with van der Waals surface area (Å²) in [6, 6.07) is 8.33. The Labute approximate surface area is 123 Å². The molecule has 0 atom stereocenters. The zero-order valence-corrected chi connectivity index (χ0v) is 13.3. The average molecular weight is 296 g/mol. The molecule has 0 aliphatic rings. The largest absolute Gasteiger partial charge is 0.345 e. The van der Waals surface area contributed by atoms with Gasteiger partial charge in [-0.2, -0.15) is 4.57 Å². The lowest BCUT2D eigenvalue weighted by atomic mass is 10.3. The van der Waals surface area contributed by atoms with Gasteiger partial charge in [-0.25, -0.2) is 0 Å². The van der Waals surface area contributed by atoms with Gasteiger partial charge in [-0.15, -0.1) is 0 Å². The van der Waals surface area contributed by atoms with Crippen LogP contribution in [0.2, 0.25) is 0 Å². The molecule has 0 aliphatic carbocycles. The van der Waals surface area contributed by atoms with Gasteiger partial charge in [-0.1, -0.05) is 23.5 Å². The zero-order chi connectivity index (χ0) is 14.6. The van der Waals surface area contributed by atoms with Crippen LogP contribution in [0, 0.1) is 6.92 Å². The number of hydrogen-bond acceptors (Lipinski definition) is 4. The third-order valence-corrected chi connectivity index (χ3v) is 4.27. The van der Waals surface area contributed by atoms with Gasteiger partial charge >= 0.3 is 5.97 Å². The summed E-state index contributed by atoms with van der Waals surface area (Å²) in [4.78, 5) is 0. The average Bonchev–Trinajstić information content (AvgIpc) is 2.75. The number of hydrogen-bond donors (Lipinski definition) is 0. The summed E-state index contributed by atoms with van der Waals surface area (Å²) >= 11 is 1.76. The Morgan fingerprint density at radius 3 is 2.40 bits per heavy atom. The Kier molecular flexibility index (Phi) is 5.10. The monoisotopic (exact) mass is 296 g/mol. The third kappa shape index (κ3) is 3.01. The van der Waals surface area contributed by atoms with Gasteiger partial charge in [-0.3, -0.25) is 0 Å². The maximum absolute atomic E-state index is 5.74. The van der Waals surface area contributed by atoms with E-state index in [1.54, 1.807) is 18.4 Å². The second-order valence-electron chi connectivity index (χ2n) is 4.43. The lowest BCUT2D eigenvalue weighted by Gasteiger charge is -2.28. The molecular weight excluding hydrogens is 274 g/mol. The molecule has 0 saturated carbocycles. The number of thiazole rings is 1. The topological polar surface area (TPSA) is 31.6 Å². The number of rotatable bonds is 7. The molecule has 2 rings (SSSR count). The van der Waals surface area contributed by atoms with Gasteiger partial charge in [0.25, 0.3) is 0 Å². The third-order valence-electron chi connectivity index (χ3n) is 3.19. The summed E-state index contributed by atoms with van der Waals surface area (Å²) in [5.74, 6) is -1.03. The Morgan fingerprint density at radius 2 is 1.80 bits per heavy atom. The molecule has 0 aliphatic heterocycles. The number of aryl methyl sites for hydroxylation is 1. The summed E-state index contributed by atoms with van der Waals surface area (Å²) in [5, 5.41) is 1.20. The van der Waals surface area contributed by atoms with Crippen LogP contribution in [0.5, 0.6) is 0 Å². The molecule has 0 saturated heterocycles. The molecule has 0 N–H and O–H groups in total. The second-order valence-corrected chi connectivity index (χ2v) is 5.66. The highest BCUT2D eigenvalue weighted by Gasteiger charge is 2.39. The van der Waals surface area contributed by atoms with Crippen LogP contribution in [0.25, 0.3) is 10.2 Å². The molecule has 110 valence electrons. The van der Waals surface area contributed by atoms with Gasteiger partial charge in [0.2, 0.25) is 17.1 Å². The van der Waals surface area contributed by atoms with E-state index in [0.717, 1.165) is 0 Å². The Bertz CT molecular complexity index is 561. The second kappa shape index (κ2) is 6.63. The highest BCUT2D eigenvalue weighted by atomic mass is 32.1. The fourth-order valence-corrected chi connectivity index (χ4v) is 3.32. The number of benzene rings is 1. The minimum Gasteiger partial charge on any atom is -0.326 e. The van der Waals surface area contributed by atoms with Crippen molar-refractivity contribution in [1.82, 2.24) is 0 Å². The molecule has 0 fully saturated rings. The Hall–Kier alpha value is -1.01. The van der Waals surface area contributed by atoms with Crippen LogP contribution in [0.1, 0.15) is 18.9 Å². The number of para-hydroxylation sites is 1. The van der Waals surface area contributed by atoms with Crippen molar-refractivity contribution in [2.45, 2.75) is 33.3 Å². The standard InChI is InChI=1S/C15H22NO3S/c1-5-18-15(17-4,19-6-2)11-16-12(3)20-14-10-8-7-9-13(14)16/h7-10H,5-6,11H2,1-4H3/q+1. The van der Waals surface area contributed by atoms with Crippen molar-refractivity contribution in [3.8, 4) is 0 Å². The van der Waals surface area contributed by atoms with Gasteiger partial charge in [0, 0.05) is 33.3 Å². The van der Waals surface area contributed by atoms with E-state index in [2.05, 4.69) is 29.7 Å². The van der Waals surface area contributed by atoms with Crippen molar-refractivity contribution in [3.05, 3.63) is 29.3 Å². The number of methoxy groups -OCH3 is 1. The first kappa shape index (κ1) is 15.4. The lowest BCUT2D eigenvalue weighted by molar-refractivity contribution is -0.713. The van der Waals surface area contributed by atoms with Gasteiger partial charge < -0.3 is 14.2 Å². The van der Waals surface area contributed by atoms with Crippen molar-refractivity contribution < 1.29 is 18.8 Å². The summed E-state index contributed by atoms with van der Waals surface area (Å²) in [6.45, 7) is 7.57. The SMILES string of the molecule is CCOC(C[n+]1c(C)sc2ccccc21)(OC)OCC. The number of fused-ring (bicyclic) bond motifs is 1. The van der Waals surface area contributed by atoms with Crippen molar-refractivity contribution >= 4 is 21.6 Å². The summed E-state index contributed by atoms with van der Waals surface area (Å²) < 4.78 is 20.4. The van der Waals surface area contributed by atoms with Crippen LogP contribution in [-0.4, -0.2) is 26.3 Å². The van der Waals surface area contributed by atoms with E-state index in [9.17, 15) is 0 Å². The quantitative estimate of drug-likeness (QED) is 0.581. The molecule has 0 unspecified atom stereocenters. The molecular formula is C15H22NO3S+. The van der Waals surface area contributed by atoms with E-state index in [4.69, 9.17) is 14.2 Å². The predicted molar refractivity (Wildman–Crippen MR) is 79.7 cm³/mol. The molecule has 4 nitrogen and oxygen atoms in total. The molecule has 2 aromatic rings. The van der Waals surface area contributed by atoms with Gasteiger partial charge in [0.05, 0.1) is 0 Å². The van der Waals surface area contributed by atoms with E-state index in [0.29, 0.717) is 19.8 Å². The molecule has 0 amide bonds. The minimum absolute atomic E-state index is 0.515.